The second-order valence-corrected chi connectivity index (χ2v) is 8.10. The smallest absolute Gasteiger partial charge is 0.238 e. The first-order chi connectivity index (χ1) is 13.9. The molecule has 0 aromatic heterocycles. The SMILES string of the molecule is Cc1cccc(C)c1NC(=O)CN(C)CC(=O)N(C)[C@@H]1CCCc2ccccc21. The quantitative estimate of drug-likeness (QED) is 0.814. The number of para-hydroxylation sites is 1. The molecule has 1 aliphatic rings. The Balaban J connectivity index is 1.57. The number of aryl methyl sites for hydroxylation is 3. The average Bonchev–Trinajstić information content (AvgIpc) is 2.69. The van der Waals surface area contributed by atoms with E-state index in [-0.39, 0.29) is 30.9 Å². The number of anilines is 1. The highest BCUT2D eigenvalue weighted by molar-refractivity contribution is 5.94. The molecular weight excluding hydrogens is 362 g/mol. The van der Waals surface area contributed by atoms with E-state index in [0.29, 0.717) is 0 Å². The van der Waals surface area contributed by atoms with E-state index >= 15 is 0 Å². The maximum atomic E-state index is 12.9. The lowest BCUT2D eigenvalue weighted by Gasteiger charge is -2.34. The third-order valence-electron chi connectivity index (χ3n) is 5.76. The Morgan fingerprint density at radius 3 is 2.41 bits per heavy atom. The number of benzene rings is 2. The number of rotatable bonds is 6. The summed E-state index contributed by atoms with van der Waals surface area (Å²) in [4.78, 5) is 28.9. The summed E-state index contributed by atoms with van der Waals surface area (Å²) in [5, 5.41) is 2.98. The van der Waals surface area contributed by atoms with Crippen LogP contribution in [0.25, 0.3) is 0 Å². The molecule has 1 aliphatic carbocycles. The number of nitrogens with one attached hydrogen (secondary N) is 1. The summed E-state index contributed by atoms with van der Waals surface area (Å²) in [5.74, 6) is -0.0718. The molecule has 0 heterocycles. The fourth-order valence-corrected chi connectivity index (χ4v) is 4.14. The lowest BCUT2D eigenvalue weighted by molar-refractivity contribution is -0.133. The van der Waals surface area contributed by atoms with E-state index in [1.165, 1.54) is 11.1 Å². The van der Waals surface area contributed by atoms with Gasteiger partial charge in [-0.3, -0.25) is 14.5 Å². The van der Waals surface area contributed by atoms with Gasteiger partial charge in [0.15, 0.2) is 0 Å². The van der Waals surface area contributed by atoms with Gasteiger partial charge in [0.05, 0.1) is 19.1 Å². The number of carbonyl (C=O) groups excluding carboxylic acids is 2. The summed E-state index contributed by atoms with van der Waals surface area (Å²) in [6.45, 7) is 4.35. The molecule has 1 atom stereocenters. The molecule has 0 radical (unpaired) electrons. The van der Waals surface area contributed by atoms with Crippen LogP contribution >= 0.6 is 0 Å². The first-order valence-electron chi connectivity index (χ1n) is 10.2. The molecule has 0 spiro atoms. The summed E-state index contributed by atoms with van der Waals surface area (Å²) < 4.78 is 0. The summed E-state index contributed by atoms with van der Waals surface area (Å²) in [6, 6.07) is 14.4. The van der Waals surface area contributed by atoms with Crippen LogP contribution in [-0.2, 0) is 16.0 Å². The molecule has 29 heavy (non-hydrogen) atoms. The van der Waals surface area contributed by atoms with E-state index in [0.717, 1.165) is 36.1 Å². The number of hydrogen-bond donors (Lipinski definition) is 1. The molecule has 1 N–H and O–H groups in total. The minimum atomic E-state index is -0.108. The monoisotopic (exact) mass is 393 g/mol. The van der Waals surface area contributed by atoms with Gasteiger partial charge in [0, 0.05) is 12.7 Å². The molecule has 0 fully saturated rings. The van der Waals surface area contributed by atoms with Gasteiger partial charge in [-0.2, -0.15) is 0 Å². The van der Waals surface area contributed by atoms with Crippen molar-refractivity contribution in [2.75, 3.05) is 32.5 Å². The van der Waals surface area contributed by atoms with Gasteiger partial charge in [-0.15, -0.1) is 0 Å². The van der Waals surface area contributed by atoms with Gasteiger partial charge in [-0.05, 0) is 62.4 Å². The predicted molar refractivity (Wildman–Crippen MR) is 117 cm³/mol. The van der Waals surface area contributed by atoms with Crippen molar-refractivity contribution in [2.24, 2.45) is 0 Å². The minimum absolute atomic E-state index is 0.0362. The number of hydrogen-bond acceptors (Lipinski definition) is 3. The second kappa shape index (κ2) is 9.23. The van der Waals surface area contributed by atoms with Gasteiger partial charge in [0.2, 0.25) is 11.8 Å². The zero-order valence-electron chi connectivity index (χ0n) is 17.9. The van der Waals surface area contributed by atoms with Crippen molar-refractivity contribution in [2.45, 2.75) is 39.2 Å². The van der Waals surface area contributed by atoms with Crippen LogP contribution in [0.15, 0.2) is 42.5 Å². The van der Waals surface area contributed by atoms with Crippen LogP contribution in [0.1, 0.15) is 41.1 Å². The van der Waals surface area contributed by atoms with Crippen LogP contribution in [0.3, 0.4) is 0 Å². The minimum Gasteiger partial charge on any atom is -0.338 e. The Bertz CT molecular complexity index is 873. The van der Waals surface area contributed by atoms with Gasteiger partial charge in [-0.25, -0.2) is 0 Å². The van der Waals surface area contributed by atoms with Crippen LogP contribution in [0.5, 0.6) is 0 Å². The second-order valence-electron chi connectivity index (χ2n) is 8.10. The summed E-state index contributed by atoms with van der Waals surface area (Å²) in [5.41, 5.74) is 5.52. The normalized spacial score (nSPS) is 15.7. The van der Waals surface area contributed by atoms with Crippen LogP contribution < -0.4 is 5.32 Å². The lowest BCUT2D eigenvalue weighted by atomic mass is 9.87. The number of fused-ring (bicyclic) bond motifs is 1. The van der Waals surface area contributed by atoms with Gasteiger partial charge < -0.3 is 10.2 Å². The van der Waals surface area contributed by atoms with Crippen LogP contribution in [0.4, 0.5) is 5.69 Å². The van der Waals surface area contributed by atoms with E-state index in [1.54, 1.807) is 4.90 Å². The van der Waals surface area contributed by atoms with Crippen molar-refractivity contribution in [3.05, 3.63) is 64.7 Å². The molecular formula is C24H31N3O2. The molecule has 0 saturated heterocycles. The van der Waals surface area contributed by atoms with Crippen LogP contribution in [0, 0.1) is 13.8 Å². The van der Waals surface area contributed by atoms with Crippen molar-refractivity contribution in [3.8, 4) is 0 Å². The van der Waals surface area contributed by atoms with Crippen LogP contribution in [-0.4, -0.2) is 48.8 Å². The number of carbonyl (C=O) groups is 2. The zero-order chi connectivity index (χ0) is 21.0. The van der Waals surface area contributed by atoms with E-state index in [9.17, 15) is 9.59 Å². The summed E-state index contributed by atoms with van der Waals surface area (Å²) in [6.07, 6.45) is 3.15. The molecule has 2 aromatic rings. The Morgan fingerprint density at radius 1 is 1.00 bits per heavy atom. The largest absolute Gasteiger partial charge is 0.338 e. The molecule has 3 rings (SSSR count). The van der Waals surface area contributed by atoms with Gasteiger partial charge in [-0.1, -0.05) is 42.5 Å². The van der Waals surface area contributed by atoms with Gasteiger partial charge >= 0.3 is 0 Å². The summed E-state index contributed by atoms with van der Waals surface area (Å²) in [7, 11) is 3.69. The molecule has 0 aliphatic heterocycles. The third-order valence-corrected chi connectivity index (χ3v) is 5.76. The van der Waals surface area contributed by atoms with E-state index in [1.807, 2.05) is 57.1 Å². The fraction of sp³-hybridized carbons (Fsp3) is 0.417. The first-order valence-corrected chi connectivity index (χ1v) is 10.2. The number of nitrogens with zero attached hydrogens (tertiary/aromatic N) is 2. The Kier molecular flexibility index (Phi) is 6.70. The van der Waals surface area contributed by atoms with Crippen molar-refractivity contribution >= 4 is 17.5 Å². The van der Waals surface area contributed by atoms with Crippen molar-refractivity contribution in [3.63, 3.8) is 0 Å². The Labute approximate surface area is 173 Å². The van der Waals surface area contributed by atoms with E-state index in [4.69, 9.17) is 0 Å². The lowest BCUT2D eigenvalue weighted by Crippen LogP contribution is -2.42. The standard InChI is InChI=1S/C24H31N3O2/c1-17-9-7-10-18(2)24(17)25-22(28)15-26(3)16-23(29)27(4)21-14-8-12-19-11-5-6-13-20(19)21/h5-7,9-11,13,21H,8,12,14-16H2,1-4H3,(H,25,28)/t21-/m1/s1. The maximum Gasteiger partial charge on any atom is 0.238 e. The number of likely N-dealkylation sites (N-methyl/N-ethyl adjacent to an activating group) is 2. The number of amides is 2. The van der Waals surface area contributed by atoms with E-state index in [2.05, 4.69) is 23.5 Å². The highest BCUT2D eigenvalue weighted by atomic mass is 16.2. The first kappa shape index (κ1) is 21.1. The predicted octanol–water partition coefficient (Wildman–Crippen LogP) is 3.71. The fourth-order valence-electron chi connectivity index (χ4n) is 4.14. The zero-order valence-corrected chi connectivity index (χ0v) is 17.9. The van der Waals surface area contributed by atoms with Gasteiger partial charge in [0.25, 0.3) is 0 Å². The van der Waals surface area contributed by atoms with Gasteiger partial charge in [0.1, 0.15) is 0 Å². The van der Waals surface area contributed by atoms with Crippen LogP contribution in [0.2, 0.25) is 0 Å². The maximum absolute atomic E-state index is 12.9. The molecule has 5 heteroatoms. The molecule has 2 aromatic carbocycles. The van der Waals surface area contributed by atoms with Crippen molar-refractivity contribution < 1.29 is 9.59 Å². The molecule has 154 valence electrons. The molecule has 0 saturated carbocycles. The molecule has 2 amide bonds. The Hall–Kier alpha value is -2.66. The van der Waals surface area contributed by atoms with E-state index < -0.39 is 0 Å². The summed E-state index contributed by atoms with van der Waals surface area (Å²) >= 11 is 0. The Morgan fingerprint density at radius 2 is 1.69 bits per heavy atom. The third kappa shape index (κ3) is 5.04. The topological polar surface area (TPSA) is 52.7 Å². The average molecular weight is 394 g/mol. The molecule has 0 bridgehead atoms. The highest BCUT2D eigenvalue weighted by Crippen LogP contribution is 2.33. The highest BCUT2D eigenvalue weighted by Gasteiger charge is 2.27. The van der Waals surface area contributed by atoms with Crippen molar-refractivity contribution in [1.29, 1.82) is 0 Å². The van der Waals surface area contributed by atoms with Crippen molar-refractivity contribution in [1.82, 2.24) is 9.80 Å². The molecule has 0 unspecified atom stereocenters. The molecule has 5 nitrogen and oxygen atoms in total.